The highest BCUT2D eigenvalue weighted by Gasteiger charge is 2.30. The van der Waals surface area contributed by atoms with E-state index in [1.54, 1.807) is 18.3 Å². The molecule has 158 valence electrons. The van der Waals surface area contributed by atoms with Gasteiger partial charge in [-0.2, -0.15) is 0 Å². The lowest BCUT2D eigenvalue weighted by atomic mass is 10.1. The van der Waals surface area contributed by atoms with Crippen molar-refractivity contribution in [2.24, 2.45) is 0 Å². The maximum Gasteiger partial charge on any atom is 0.256 e. The summed E-state index contributed by atoms with van der Waals surface area (Å²) in [4.78, 5) is 33.3. The summed E-state index contributed by atoms with van der Waals surface area (Å²) in [7, 11) is 1.90. The normalized spacial score (nSPS) is 24.2. The summed E-state index contributed by atoms with van der Waals surface area (Å²) in [5.74, 6) is 0.454. The second-order valence-corrected chi connectivity index (χ2v) is 7.98. The highest BCUT2D eigenvalue weighted by Crippen LogP contribution is 2.30. The summed E-state index contributed by atoms with van der Waals surface area (Å²) in [6.07, 6.45) is 1.62. The molecule has 0 bridgehead atoms. The molecule has 2 aliphatic heterocycles. The third-order valence-corrected chi connectivity index (χ3v) is 5.39. The molecule has 2 aromatic rings. The second-order valence-electron chi connectivity index (χ2n) is 7.98. The molecule has 1 aromatic carbocycles. The highest BCUT2D eigenvalue weighted by atomic mass is 16.5. The molecule has 2 amide bonds. The molecule has 0 radical (unpaired) electrons. The molecule has 1 fully saturated rings. The third-order valence-electron chi connectivity index (χ3n) is 5.39. The van der Waals surface area contributed by atoms with Crippen molar-refractivity contribution >= 4 is 23.3 Å². The monoisotopic (exact) mass is 409 g/mol. The topological polar surface area (TPSA) is 86.8 Å². The number of aromatic nitrogens is 1. The van der Waals surface area contributed by atoms with E-state index in [-0.39, 0.29) is 30.2 Å². The highest BCUT2D eigenvalue weighted by molar-refractivity contribution is 6.01. The van der Waals surface area contributed by atoms with Gasteiger partial charge in [0.15, 0.2) is 0 Å². The standard InChI is InChI=1S/C22H27N5O3/c1-14-11-27(12-15(2)30-14)13-19(28)24-17-8-6-16(7-9-17)20-25-22(29)18-5-4-10-23-21(18)26(20)3/h4-10,14-15,20H,11-13H2,1-3H3,(H,24,28)(H,25,29)/t14-,15-,20+/m1/s1. The lowest BCUT2D eigenvalue weighted by molar-refractivity contribution is -0.121. The molecular weight excluding hydrogens is 382 g/mol. The molecule has 2 aliphatic rings. The number of hydrogen-bond acceptors (Lipinski definition) is 6. The van der Waals surface area contributed by atoms with E-state index in [9.17, 15) is 9.59 Å². The molecular formula is C22H27N5O3. The Bertz CT molecular complexity index is 923. The van der Waals surface area contributed by atoms with Crippen molar-refractivity contribution < 1.29 is 14.3 Å². The maximum absolute atomic E-state index is 12.4. The van der Waals surface area contributed by atoms with Crippen molar-refractivity contribution in [3.05, 3.63) is 53.7 Å². The third kappa shape index (κ3) is 4.29. The number of benzene rings is 1. The smallest absolute Gasteiger partial charge is 0.256 e. The zero-order valence-corrected chi connectivity index (χ0v) is 17.5. The molecule has 0 spiro atoms. The van der Waals surface area contributed by atoms with Crippen molar-refractivity contribution in [1.29, 1.82) is 0 Å². The van der Waals surface area contributed by atoms with Gasteiger partial charge in [0.2, 0.25) is 5.91 Å². The number of anilines is 2. The van der Waals surface area contributed by atoms with Gasteiger partial charge >= 0.3 is 0 Å². The molecule has 0 saturated carbocycles. The van der Waals surface area contributed by atoms with Gasteiger partial charge in [-0.3, -0.25) is 14.5 Å². The number of fused-ring (bicyclic) bond motifs is 1. The molecule has 3 atom stereocenters. The average molecular weight is 409 g/mol. The van der Waals surface area contributed by atoms with E-state index in [4.69, 9.17) is 4.74 Å². The van der Waals surface area contributed by atoms with Crippen LogP contribution < -0.4 is 15.5 Å². The summed E-state index contributed by atoms with van der Waals surface area (Å²) in [6.45, 7) is 5.88. The molecule has 30 heavy (non-hydrogen) atoms. The minimum Gasteiger partial charge on any atom is -0.373 e. The molecule has 1 aromatic heterocycles. The number of ether oxygens (including phenoxy) is 1. The van der Waals surface area contributed by atoms with E-state index in [1.807, 2.05) is 50.1 Å². The van der Waals surface area contributed by atoms with Crippen LogP contribution in [-0.2, 0) is 9.53 Å². The van der Waals surface area contributed by atoms with Crippen LogP contribution in [0.1, 0.15) is 35.9 Å². The number of morpholine rings is 1. The van der Waals surface area contributed by atoms with Crippen molar-refractivity contribution in [2.75, 3.05) is 36.9 Å². The number of amides is 2. The van der Waals surface area contributed by atoms with Crippen LogP contribution in [0.4, 0.5) is 11.5 Å². The van der Waals surface area contributed by atoms with Gasteiger partial charge in [0.25, 0.3) is 5.91 Å². The van der Waals surface area contributed by atoms with Crippen LogP contribution in [0.2, 0.25) is 0 Å². The first-order valence-electron chi connectivity index (χ1n) is 10.2. The van der Waals surface area contributed by atoms with Crippen molar-refractivity contribution in [1.82, 2.24) is 15.2 Å². The Morgan fingerprint density at radius 2 is 1.90 bits per heavy atom. The molecule has 3 heterocycles. The Balaban J connectivity index is 1.40. The summed E-state index contributed by atoms with van der Waals surface area (Å²) >= 11 is 0. The predicted molar refractivity (Wildman–Crippen MR) is 114 cm³/mol. The van der Waals surface area contributed by atoms with Crippen molar-refractivity contribution in [3.8, 4) is 0 Å². The van der Waals surface area contributed by atoms with E-state index in [1.165, 1.54) is 0 Å². The molecule has 0 unspecified atom stereocenters. The van der Waals surface area contributed by atoms with Crippen molar-refractivity contribution in [2.45, 2.75) is 32.2 Å². The first kappa shape index (κ1) is 20.3. The minimum absolute atomic E-state index is 0.0507. The van der Waals surface area contributed by atoms with E-state index in [2.05, 4.69) is 20.5 Å². The number of nitrogens with one attached hydrogen (secondary N) is 2. The van der Waals surface area contributed by atoms with Crippen LogP contribution in [0.3, 0.4) is 0 Å². The SMILES string of the molecule is C[C@@H]1CN(CC(=O)Nc2ccc([C@H]3NC(=O)c4cccnc4N3C)cc2)C[C@@H](C)O1. The molecule has 8 nitrogen and oxygen atoms in total. The van der Waals surface area contributed by atoms with Gasteiger partial charge in [0.1, 0.15) is 12.0 Å². The molecule has 8 heteroatoms. The molecule has 2 N–H and O–H groups in total. The van der Waals surface area contributed by atoms with Gasteiger partial charge in [0, 0.05) is 32.0 Å². The Hall–Kier alpha value is -2.97. The molecule has 0 aliphatic carbocycles. The fourth-order valence-electron chi connectivity index (χ4n) is 4.15. The van der Waals surface area contributed by atoms with Crippen LogP contribution >= 0.6 is 0 Å². The number of nitrogens with zero attached hydrogens (tertiary/aromatic N) is 3. The Morgan fingerprint density at radius 1 is 1.20 bits per heavy atom. The van der Waals surface area contributed by atoms with E-state index in [0.717, 1.165) is 24.3 Å². The Labute approximate surface area is 176 Å². The zero-order chi connectivity index (χ0) is 21.3. The predicted octanol–water partition coefficient (Wildman–Crippen LogP) is 2.01. The van der Waals surface area contributed by atoms with Gasteiger partial charge in [-0.1, -0.05) is 12.1 Å². The lowest BCUT2D eigenvalue weighted by Crippen LogP contribution is -2.48. The van der Waals surface area contributed by atoms with Gasteiger partial charge in [-0.05, 0) is 43.7 Å². The molecule has 4 rings (SSSR count). The van der Waals surface area contributed by atoms with Gasteiger partial charge < -0.3 is 20.3 Å². The van der Waals surface area contributed by atoms with Gasteiger partial charge in [-0.25, -0.2) is 4.98 Å². The van der Waals surface area contributed by atoms with Crippen LogP contribution in [0, 0.1) is 0 Å². The first-order valence-corrected chi connectivity index (χ1v) is 10.2. The number of pyridine rings is 1. The number of carbonyl (C=O) groups excluding carboxylic acids is 2. The summed E-state index contributed by atoms with van der Waals surface area (Å²) in [5.41, 5.74) is 2.20. The minimum atomic E-state index is -0.319. The number of hydrogen-bond donors (Lipinski definition) is 2. The Kier molecular flexibility index (Phi) is 5.69. The number of rotatable bonds is 4. The number of carbonyl (C=O) groups is 2. The van der Waals surface area contributed by atoms with Crippen LogP contribution in [-0.4, -0.2) is 60.6 Å². The maximum atomic E-state index is 12.4. The summed E-state index contributed by atoms with van der Waals surface area (Å²) in [6, 6.07) is 11.0. The quantitative estimate of drug-likeness (QED) is 0.803. The Morgan fingerprint density at radius 3 is 2.60 bits per heavy atom. The summed E-state index contributed by atoms with van der Waals surface area (Å²) in [5, 5.41) is 5.95. The van der Waals surface area contributed by atoms with Crippen LogP contribution in [0.5, 0.6) is 0 Å². The van der Waals surface area contributed by atoms with Crippen LogP contribution in [0.25, 0.3) is 0 Å². The first-order chi connectivity index (χ1) is 14.4. The van der Waals surface area contributed by atoms with Crippen LogP contribution in [0.15, 0.2) is 42.6 Å². The largest absolute Gasteiger partial charge is 0.373 e. The fraction of sp³-hybridized carbons (Fsp3) is 0.409. The second kappa shape index (κ2) is 8.41. The molecule has 1 saturated heterocycles. The van der Waals surface area contributed by atoms with Gasteiger partial charge in [0.05, 0.1) is 24.3 Å². The van der Waals surface area contributed by atoms with Crippen molar-refractivity contribution in [3.63, 3.8) is 0 Å². The van der Waals surface area contributed by atoms with E-state index < -0.39 is 0 Å². The zero-order valence-electron chi connectivity index (χ0n) is 17.5. The average Bonchev–Trinajstić information content (AvgIpc) is 2.70. The van der Waals surface area contributed by atoms with Gasteiger partial charge in [-0.15, -0.1) is 0 Å². The van der Waals surface area contributed by atoms with E-state index >= 15 is 0 Å². The summed E-state index contributed by atoms with van der Waals surface area (Å²) < 4.78 is 5.71. The fourth-order valence-corrected chi connectivity index (χ4v) is 4.15. The van der Waals surface area contributed by atoms with E-state index in [0.29, 0.717) is 17.9 Å². The lowest BCUT2D eigenvalue weighted by Gasteiger charge is -2.35.